The van der Waals surface area contributed by atoms with Crippen molar-refractivity contribution in [1.29, 1.82) is 0 Å². The van der Waals surface area contributed by atoms with Crippen LogP contribution in [0.5, 0.6) is 11.8 Å². The van der Waals surface area contributed by atoms with Crippen LogP contribution >= 0.6 is 0 Å². The molecule has 4 rings (SSSR count). The highest BCUT2D eigenvalue weighted by Gasteiger charge is 2.19. The average Bonchev–Trinajstić information content (AvgIpc) is 3.13. The van der Waals surface area contributed by atoms with Gasteiger partial charge in [-0.3, -0.25) is 0 Å². The van der Waals surface area contributed by atoms with E-state index in [9.17, 15) is 0 Å². The van der Waals surface area contributed by atoms with Crippen LogP contribution in [0.2, 0.25) is 0 Å². The molecule has 1 aliphatic heterocycles. The van der Waals surface area contributed by atoms with Crippen molar-refractivity contribution >= 4 is 16.7 Å². The molecule has 4 nitrogen and oxygen atoms in total. The van der Waals surface area contributed by atoms with E-state index in [4.69, 9.17) is 9.72 Å². The van der Waals surface area contributed by atoms with Gasteiger partial charge < -0.3 is 9.64 Å². The molecule has 2 aromatic carbocycles. The quantitative estimate of drug-likeness (QED) is 0.705. The van der Waals surface area contributed by atoms with Crippen molar-refractivity contribution in [2.75, 3.05) is 18.0 Å². The van der Waals surface area contributed by atoms with Crippen molar-refractivity contribution in [3.8, 4) is 11.8 Å². The standard InChI is InChI=1S/C20H21N3O/c1-14-8-7-11-18(15(14)2)24-20-21-17-10-4-3-9-16(17)19(22-20)23-12-5-6-13-23/h3-4,7-11H,5-6,12-13H2,1-2H3. The summed E-state index contributed by atoms with van der Waals surface area (Å²) in [6.07, 6.45) is 2.43. The van der Waals surface area contributed by atoms with Crippen LogP contribution in [-0.4, -0.2) is 23.1 Å². The Morgan fingerprint density at radius 2 is 1.71 bits per heavy atom. The minimum absolute atomic E-state index is 0.421. The second-order valence-electron chi connectivity index (χ2n) is 6.34. The molecule has 0 bridgehead atoms. The SMILES string of the molecule is Cc1cccc(Oc2nc(N3CCCC3)c3ccccc3n2)c1C. The number of aromatic nitrogens is 2. The third-order valence-electron chi connectivity index (χ3n) is 4.72. The third kappa shape index (κ3) is 2.68. The normalized spacial score (nSPS) is 14.3. The van der Waals surface area contributed by atoms with Crippen LogP contribution < -0.4 is 9.64 Å². The van der Waals surface area contributed by atoms with Crippen LogP contribution in [0.25, 0.3) is 10.9 Å². The predicted molar refractivity (Wildman–Crippen MR) is 97.0 cm³/mol. The number of nitrogens with zero attached hydrogens (tertiary/aromatic N) is 3. The van der Waals surface area contributed by atoms with E-state index in [-0.39, 0.29) is 0 Å². The Balaban J connectivity index is 1.79. The molecule has 0 unspecified atom stereocenters. The number of aryl methyl sites for hydroxylation is 1. The molecule has 0 atom stereocenters. The number of rotatable bonds is 3. The molecule has 0 aliphatic carbocycles. The highest BCUT2D eigenvalue weighted by molar-refractivity contribution is 5.89. The Hall–Kier alpha value is -2.62. The van der Waals surface area contributed by atoms with Crippen molar-refractivity contribution in [2.45, 2.75) is 26.7 Å². The molecule has 0 spiro atoms. The van der Waals surface area contributed by atoms with E-state index in [1.807, 2.05) is 30.3 Å². The lowest BCUT2D eigenvalue weighted by atomic mass is 10.1. The van der Waals surface area contributed by atoms with Crippen LogP contribution in [0.3, 0.4) is 0 Å². The summed E-state index contributed by atoms with van der Waals surface area (Å²) in [6, 6.07) is 14.6. The third-order valence-corrected chi connectivity index (χ3v) is 4.72. The lowest BCUT2D eigenvalue weighted by Gasteiger charge is -2.19. The van der Waals surface area contributed by atoms with Crippen molar-refractivity contribution in [2.24, 2.45) is 0 Å². The number of fused-ring (bicyclic) bond motifs is 1. The first-order valence-corrected chi connectivity index (χ1v) is 8.48. The Kier molecular flexibility index (Phi) is 3.81. The van der Waals surface area contributed by atoms with E-state index in [1.165, 1.54) is 18.4 Å². The van der Waals surface area contributed by atoms with E-state index in [0.29, 0.717) is 6.01 Å². The summed E-state index contributed by atoms with van der Waals surface area (Å²) in [5.74, 6) is 1.80. The van der Waals surface area contributed by atoms with Gasteiger partial charge in [0.05, 0.1) is 5.52 Å². The second-order valence-corrected chi connectivity index (χ2v) is 6.34. The minimum Gasteiger partial charge on any atom is -0.424 e. The average molecular weight is 319 g/mol. The Bertz CT molecular complexity index is 885. The molecule has 24 heavy (non-hydrogen) atoms. The Morgan fingerprint density at radius 1 is 0.917 bits per heavy atom. The van der Waals surface area contributed by atoms with E-state index in [2.05, 4.69) is 35.9 Å². The Labute approximate surface area is 142 Å². The van der Waals surface area contributed by atoms with Gasteiger partial charge in [-0.05, 0) is 56.0 Å². The molecule has 0 N–H and O–H groups in total. The van der Waals surface area contributed by atoms with E-state index in [1.54, 1.807) is 0 Å². The molecule has 0 saturated carbocycles. The van der Waals surface area contributed by atoms with Gasteiger partial charge in [0.1, 0.15) is 11.6 Å². The summed E-state index contributed by atoms with van der Waals surface area (Å²) in [7, 11) is 0. The van der Waals surface area contributed by atoms with Crippen LogP contribution in [0.4, 0.5) is 5.82 Å². The summed E-state index contributed by atoms with van der Waals surface area (Å²) in [5.41, 5.74) is 3.25. The van der Waals surface area contributed by atoms with Gasteiger partial charge in [-0.15, -0.1) is 0 Å². The van der Waals surface area contributed by atoms with Gasteiger partial charge >= 0.3 is 6.01 Å². The molecule has 122 valence electrons. The number of benzene rings is 2. The number of ether oxygens (including phenoxy) is 1. The summed E-state index contributed by atoms with van der Waals surface area (Å²) in [5, 5.41) is 1.09. The first-order valence-electron chi connectivity index (χ1n) is 8.48. The van der Waals surface area contributed by atoms with Gasteiger partial charge in [-0.1, -0.05) is 24.3 Å². The maximum absolute atomic E-state index is 6.05. The van der Waals surface area contributed by atoms with Gasteiger partial charge in [0.2, 0.25) is 0 Å². The largest absolute Gasteiger partial charge is 0.424 e. The monoisotopic (exact) mass is 319 g/mol. The summed E-state index contributed by atoms with van der Waals surface area (Å²) in [6.45, 7) is 6.24. The first-order chi connectivity index (χ1) is 11.7. The van der Waals surface area contributed by atoms with Crippen LogP contribution in [0.1, 0.15) is 24.0 Å². The summed E-state index contributed by atoms with van der Waals surface area (Å²) >= 11 is 0. The van der Waals surface area contributed by atoms with Crippen molar-refractivity contribution in [3.63, 3.8) is 0 Å². The fourth-order valence-electron chi connectivity index (χ4n) is 3.19. The van der Waals surface area contributed by atoms with E-state index in [0.717, 1.165) is 41.1 Å². The number of hydrogen-bond donors (Lipinski definition) is 0. The lowest BCUT2D eigenvalue weighted by Crippen LogP contribution is -2.19. The molecule has 0 amide bonds. The van der Waals surface area contributed by atoms with Crippen LogP contribution in [0, 0.1) is 13.8 Å². The fraction of sp³-hybridized carbons (Fsp3) is 0.300. The number of anilines is 1. The van der Waals surface area contributed by atoms with E-state index >= 15 is 0 Å². The summed E-state index contributed by atoms with van der Waals surface area (Å²) < 4.78 is 6.05. The molecule has 1 saturated heterocycles. The molecule has 4 heteroatoms. The predicted octanol–water partition coefficient (Wildman–Crippen LogP) is 4.64. The van der Waals surface area contributed by atoms with Crippen LogP contribution in [-0.2, 0) is 0 Å². The highest BCUT2D eigenvalue weighted by atomic mass is 16.5. The van der Waals surface area contributed by atoms with E-state index < -0.39 is 0 Å². The zero-order valence-corrected chi connectivity index (χ0v) is 14.1. The molecule has 1 aromatic heterocycles. The smallest absolute Gasteiger partial charge is 0.324 e. The molecule has 0 radical (unpaired) electrons. The first kappa shape index (κ1) is 14.9. The molecular formula is C20H21N3O. The fourth-order valence-corrected chi connectivity index (χ4v) is 3.19. The zero-order valence-electron chi connectivity index (χ0n) is 14.1. The van der Waals surface area contributed by atoms with Gasteiger partial charge in [0, 0.05) is 18.5 Å². The maximum Gasteiger partial charge on any atom is 0.324 e. The van der Waals surface area contributed by atoms with Gasteiger partial charge in [0.15, 0.2) is 0 Å². The van der Waals surface area contributed by atoms with Crippen molar-refractivity contribution in [1.82, 2.24) is 9.97 Å². The molecule has 1 fully saturated rings. The molecule has 1 aliphatic rings. The molecule has 2 heterocycles. The van der Waals surface area contributed by atoms with Crippen LogP contribution in [0.15, 0.2) is 42.5 Å². The highest BCUT2D eigenvalue weighted by Crippen LogP contribution is 2.31. The summed E-state index contributed by atoms with van der Waals surface area (Å²) in [4.78, 5) is 11.7. The number of para-hydroxylation sites is 1. The molecular weight excluding hydrogens is 298 g/mol. The minimum atomic E-state index is 0.421. The number of hydrogen-bond acceptors (Lipinski definition) is 4. The second kappa shape index (κ2) is 6.11. The topological polar surface area (TPSA) is 38.2 Å². The van der Waals surface area contributed by atoms with Gasteiger partial charge in [0.25, 0.3) is 0 Å². The van der Waals surface area contributed by atoms with Crippen molar-refractivity contribution < 1.29 is 4.74 Å². The Morgan fingerprint density at radius 3 is 2.54 bits per heavy atom. The van der Waals surface area contributed by atoms with Gasteiger partial charge in [-0.2, -0.15) is 9.97 Å². The van der Waals surface area contributed by atoms with Gasteiger partial charge in [-0.25, -0.2) is 0 Å². The zero-order chi connectivity index (χ0) is 16.5. The maximum atomic E-state index is 6.05. The lowest BCUT2D eigenvalue weighted by molar-refractivity contribution is 0.440. The van der Waals surface area contributed by atoms with Crippen molar-refractivity contribution in [3.05, 3.63) is 53.6 Å². The molecule has 3 aromatic rings.